The van der Waals surface area contributed by atoms with Crippen molar-refractivity contribution < 1.29 is 4.79 Å². The summed E-state index contributed by atoms with van der Waals surface area (Å²) in [7, 11) is 1.97. The highest BCUT2D eigenvalue weighted by Crippen LogP contribution is 2.29. The zero-order valence-electron chi connectivity index (χ0n) is 12.6. The molecule has 18 heavy (non-hydrogen) atoms. The lowest BCUT2D eigenvalue weighted by Crippen LogP contribution is -2.50. The molecule has 1 aliphatic heterocycles. The number of rotatable bonds is 7. The number of nitrogens with one attached hydrogen (secondary N) is 1. The van der Waals surface area contributed by atoms with Gasteiger partial charge in [-0.05, 0) is 39.2 Å². The van der Waals surface area contributed by atoms with E-state index in [0.717, 1.165) is 44.7 Å². The van der Waals surface area contributed by atoms with E-state index in [1.54, 1.807) is 0 Å². The Balaban J connectivity index is 2.36. The zero-order valence-corrected chi connectivity index (χ0v) is 12.6. The standard InChI is InChI=1S/C15H30N2O/c1-13(2)8-5-6-9-14(18)17-11-7-10-15(17,3)12-16-4/h13,16H,5-12H2,1-4H3. The van der Waals surface area contributed by atoms with Gasteiger partial charge in [0.1, 0.15) is 0 Å². The molecule has 1 heterocycles. The second-order valence-electron chi connectivity index (χ2n) is 6.32. The molecule has 1 atom stereocenters. The van der Waals surface area contributed by atoms with Crippen LogP contribution >= 0.6 is 0 Å². The van der Waals surface area contributed by atoms with Crippen LogP contribution in [0.15, 0.2) is 0 Å². The molecule has 1 N–H and O–H groups in total. The smallest absolute Gasteiger partial charge is 0.223 e. The molecule has 0 aromatic carbocycles. The van der Waals surface area contributed by atoms with Crippen LogP contribution in [0, 0.1) is 5.92 Å². The number of unbranched alkanes of at least 4 members (excludes halogenated alkanes) is 1. The molecule has 1 fully saturated rings. The van der Waals surface area contributed by atoms with E-state index in [-0.39, 0.29) is 5.54 Å². The fourth-order valence-electron chi connectivity index (χ4n) is 2.98. The highest BCUT2D eigenvalue weighted by atomic mass is 16.2. The summed E-state index contributed by atoms with van der Waals surface area (Å²) in [6.07, 6.45) is 6.47. The summed E-state index contributed by atoms with van der Waals surface area (Å²) in [6, 6.07) is 0. The molecule has 1 unspecified atom stereocenters. The van der Waals surface area contributed by atoms with Crippen LogP contribution in [0.4, 0.5) is 0 Å². The average molecular weight is 254 g/mol. The molecular weight excluding hydrogens is 224 g/mol. The van der Waals surface area contributed by atoms with Crippen molar-refractivity contribution in [2.45, 2.75) is 64.8 Å². The van der Waals surface area contributed by atoms with Gasteiger partial charge in [-0.1, -0.05) is 26.7 Å². The molecule has 0 aromatic rings. The van der Waals surface area contributed by atoms with Crippen LogP contribution in [0.25, 0.3) is 0 Å². The Kier molecular flexibility index (Phi) is 6.13. The summed E-state index contributed by atoms with van der Waals surface area (Å²) in [5.41, 5.74) is 0.0455. The molecule has 1 rings (SSSR count). The van der Waals surface area contributed by atoms with Gasteiger partial charge < -0.3 is 10.2 Å². The van der Waals surface area contributed by atoms with Gasteiger partial charge in [0.25, 0.3) is 0 Å². The van der Waals surface area contributed by atoms with Gasteiger partial charge in [-0.15, -0.1) is 0 Å². The molecule has 0 spiro atoms. The highest BCUT2D eigenvalue weighted by Gasteiger charge is 2.38. The molecule has 0 bridgehead atoms. The van der Waals surface area contributed by atoms with Crippen LogP contribution < -0.4 is 5.32 Å². The van der Waals surface area contributed by atoms with Crippen molar-refractivity contribution in [1.82, 2.24) is 10.2 Å². The highest BCUT2D eigenvalue weighted by molar-refractivity contribution is 5.77. The van der Waals surface area contributed by atoms with Crippen LogP contribution in [0.2, 0.25) is 0 Å². The van der Waals surface area contributed by atoms with E-state index < -0.39 is 0 Å². The van der Waals surface area contributed by atoms with Crippen molar-refractivity contribution in [2.24, 2.45) is 5.92 Å². The van der Waals surface area contributed by atoms with Gasteiger partial charge in [0.2, 0.25) is 5.91 Å². The SMILES string of the molecule is CNCC1(C)CCCN1C(=O)CCCCC(C)C. The minimum Gasteiger partial charge on any atom is -0.336 e. The van der Waals surface area contributed by atoms with Crippen LogP contribution in [-0.2, 0) is 4.79 Å². The van der Waals surface area contributed by atoms with Crippen molar-refractivity contribution in [2.75, 3.05) is 20.1 Å². The lowest BCUT2D eigenvalue weighted by molar-refractivity contribution is -0.134. The molecule has 3 nitrogen and oxygen atoms in total. The fourth-order valence-corrected chi connectivity index (χ4v) is 2.98. The van der Waals surface area contributed by atoms with Gasteiger partial charge in [0.15, 0.2) is 0 Å². The Morgan fingerprint density at radius 3 is 2.72 bits per heavy atom. The van der Waals surface area contributed by atoms with Gasteiger partial charge in [-0.3, -0.25) is 4.79 Å². The molecule has 0 radical (unpaired) electrons. The lowest BCUT2D eigenvalue weighted by Gasteiger charge is -2.35. The molecule has 0 saturated carbocycles. The Morgan fingerprint density at radius 1 is 1.39 bits per heavy atom. The summed E-state index contributed by atoms with van der Waals surface area (Å²) < 4.78 is 0. The number of amides is 1. The molecule has 1 saturated heterocycles. The lowest BCUT2D eigenvalue weighted by atomic mass is 9.98. The van der Waals surface area contributed by atoms with Crippen LogP contribution in [0.3, 0.4) is 0 Å². The van der Waals surface area contributed by atoms with Crippen molar-refractivity contribution >= 4 is 5.91 Å². The van der Waals surface area contributed by atoms with Gasteiger partial charge in [-0.25, -0.2) is 0 Å². The maximum atomic E-state index is 12.3. The van der Waals surface area contributed by atoms with Gasteiger partial charge in [-0.2, -0.15) is 0 Å². The third-order valence-electron chi connectivity index (χ3n) is 4.03. The maximum absolute atomic E-state index is 12.3. The summed E-state index contributed by atoms with van der Waals surface area (Å²) in [6.45, 7) is 8.55. The van der Waals surface area contributed by atoms with E-state index in [9.17, 15) is 4.79 Å². The number of hydrogen-bond acceptors (Lipinski definition) is 2. The topological polar surface area (TPSA) is 32.3 Å². The Morgan fingerprint density at radius 2 is 2.11 bits per heavy atom. The number of carbonyl (C=O) groups is 1. The minimum atomic E-state index is 0.0455. The first-order valence-corrected chi connectivity index (χ1v) is 7.44. The summed E-state index contributed by atoms with van der Waals surface area (Å²) in [5.74, 6) is 1.11. The number of carbonyl (C=O) groups excluding carboxylic acids is 1. The first-order valence-electron chi connectivity index (χ1n) is 7.44. The summed E-state index contributed by atoms with van der Waals surface area (Å²) in [4.78, 5) is 14.4. The Labute approximate surface area is 112 Å². The molecule has 0 aromatic heterocycles. The number of hydrogen-bond donors (Lipinski definition) is 1. The maximum Gasteiger partial charge on any atom is 0.223 e. The predicted molar refractivity (Wildman–Crippen MR) is 76.6 cm³/mol. The predicted octanol–water partition coefficient (Wildman–Crippen LogP) is 2.80. The minimum absolute atomic E-state index is 0.0455. The first kappa shape index (κ1) is 15.5. The van der Waals surface area contributed by atoms with E-state index in [2.05, 4.69) is 31.0 Å². The van der Waals surface area contributed by atoms with E-state index in [1.807, 2.05) is 7.05 Å². The van der Waals surface area contributed by atoms with Gasteiger partial charge >= 0.3 is 0 Å². The molecule has 106 valence electrons. The second-order valence-corrected chi connectivity index (χ2v) is 6.32. The van der Waals surface area contributed by atoms with Gasteiger partial charge in [0, 0.05) is 19.5 Å². The normalized spacial score (nSPS) is 23.9. The zero-order chi connectivity index (χ0) is 13.6. The summed E-state index contributed by atoms with van der Waals surface area (Å²) >= 11 is 0. The van der Waals surface area contributed by atoms with Crippen molar-refractivity contribution in [3.05, 3.63) is 0 Å². The summed E-state index contributed by atoms with van der Waals surface area (Å²) in [5, 5.41) is 3.22. The van der Waals surface area contributed by atoms with Gasteiger partial charge in [0.05, 0.1) is 5.54 Å². The largest absolute Gasteiger partial charge is 0.336 e. The molecule has 1 amide bonds. The van der Waals surface area contributed by atoms with E-state index in [4.69, 9.17) is 0 Å². The van der Waals surface area contributed by atoms with E-state index >= 15 is 0 Å². The average Bonchev–Trinajstić information content (AvgIpc) is 2.66. The second kappa shape index (κ2) is 7.13. The number of likely N-dealkylation sites (tertiary alicyclic amines) is 1. The van der Waals surface area contributed by atoms with E-state index in [0.29, 0.717) is 5.91 Å². The van der Waals surface area contributed by atoms with Crippen molar-refractivity contribution in [3.63, 3.8) is 0 Å². The van der Waals surface area contributed by atoms with Crippen LogP contribution in [-0.4, -0.2) is 36.5 Å². The third-order valence-corrected chi connectivity index (χ3v) is 4.03. The third kappa shape index (κ3) is 4.27. The van der Waals surface area contributed by atoms with Crippen molar-refractivity contribution in [3.8, 4) is 0 Å². The number of nitrogens with zero attached hydrogens (tertiary/aromatic N) is 1. The van der Waals surface area contributed by atoms with Crippen molar-refractivity contribution in [1.29, 1.82) is 0 Å². The Bertz CT molecular complexity index is 265. The van der Waals surface area contributed by atoms with Crippen LogP contribution in [0.5, 0.6) is 0 Å². The first-order chi connectivity index (χ1) is 8.49. The quantitative estimate of drug-likeness (QED) is 0.709. The molecule has 3 heteroatoms. The number of likely N-dealkylation sites (N-methyl/N-ethyl adjacent to an activating group) is 1. The fraction of sp³-hybridized carbons (Fsp3) is 0.933. The molecular formula is C15H30N2O. The Hall–Kier alpha value is -0.570. The molecule has 1 aliphatic rings. The molecule has 0 aliphatic carbocycles. The van der Waals surface area contributed by atoms with Crippen LogP contribution in [0.1, 0.15) is 59.3 Å². The van der Waals surface area contributed by atoms with E-state index in [1.165, 1.54) is 12.8 Å². The monoisotopic (exact) mass is 254 g/mol.